The molecule has 1 amide bonds. The smallest absolute Gasteiger partial charge is 0.420 e. The number of rotatable bonds is 9. The van der Waals surface area contributed by atoms with E-state index >= 15 is 0 Å². The van der Waals surface area contributed by atoms with E-state index in [1.54, 1.807) is 26.2 Å². The predicted octanol–water partition coefficient (Wildman–Crippen LogP) is 4.60. The van der Waals surface area contributed by atoms with E-state index in [1.807, 2.05) is 0 Å². The van der Waals surface area contributed by atoms with Gasteiger partial charge in [0.15, 0.2) is 5.82 Å². The molecule has 3 rings (SSSR count). The van der Waals surface area contributed by atoms with Crippen LogP contribution in [0.25, 0.3) is 0 Å². The standard InChI is InChI=1S/C23H22F3N3O6/c1-13(12-33-3)34-16-8-15(21(30)27-20-6-7-29(2)28-20)9-17(11-16)35-19-5-4-14(22(31)32)10-18(19)23(24,25)26/h4-11,13H,12H2,1-3H3,(H,31,32)(H,27,28,30)/t13-/m0/s1. The number of aryl methyl sites for hydroxylation is 1. The fourth-order valence-electron chi connectivity index (χ4n) is 3.10. The van der Waals surface area contributed by atoms with Crippen molar-refractivity contribution in [3.63, 3.8) is 0 Å². The number of anilines is 1. The number of amides is 1. The fraction of sp³-hybridized carbons (Fsp3) is 0.261. The second-order valence-corrected chi connectivity index (χ2v) is 7.52. The Labute approximate surface area is 198 Å². The minimum absolute atomic E-state index is 0.0310. The van der Waals surface area contributed by atoms with Gasteiger partial charge in [-0.15, -0.1) is 0 Å². The third-order valence-corrected chi connectivity index (χ3v) is 4.60. The van der Waals surface area contributed by atoms with Crippen LogP contribution in [0.2, 0.25) is 0 Å². The number of alkyl halides is 3. The van der Waals surface area contributed by atoms with Crippen LogP contribution >= 0.6 is 0 Å². The monoisotopic (exact) mass is 493 g/mol. The number of carboxylic acids is 1. The molecule has 0 saturated carbocycles. The number of carboxylic acid groups (broad SMARTS) is 1. The van der Waals surface area contributed by atoms with Crippen molar-refractivity contribution in [3.8, 4) is 17.2 Å². The Morgan fingerprint density at radius 2 is 1.83 bits per heavy atom. The van der Waals surface area contributed by atoms with Crippen LogP contribution in [0.15, 0.2) is 48.7 Å². The Morgan fingerprint density at radius 1 is 1.11 bits per heavy atom. The summed E-state index contributed by atoms with van der Waals surface area (Å²) in [5.41, 5.74) is -1.80. The first-order valence-corrected chi connectivity index (χ1v) is 10.2. The molecule has 12 heteroatoms. The molecule has 2 aromatic carbocycles. The lowest BCUT2D eigenvalue weighted by atomic mass is 10.1. The van der Waals surface area contributed by atoms with Gasteiger partial charge in [-0.1, -0.05) is 0 Å². The molecule has 0 bridgehead atoms. The minimum Gasteiger partial charge on any atom is -0.488 e. The molecule has 0 aliphatic rings. The molecule has 0 spiro atoms. The van der Waals surface area contributed by atoms with E-state index in [0.29, 0.717) is 6.07 Å². The SMILES string of the molecule is COC[C@H](C)Oc1cc(Oc2ccc(C(=O)O)cc2C(F)(F)F)cc(C(=O)Nc2ccn(C)n2)c1. The van der Waals surface area contributed by atoms with Gasteiger partial charge in [-0.2, -0.15) is 18.3 Å². The van der Waals surface area contributed by atoms with Crippen molar-refractivity contribution in [2.45, 2.75) is 19.2 Å². The number of benzene rings is 2. The molecule has 9 nitrogen and oxygen atoms in total. The fourth-order valence-corrected chi connectivity index (χ4v) is 3.10. The summed E-state index contributed by atoms with van der Waals surface area (Å²) >= 11 is 0. The number of ether oxygens (including phenoxy) is 3. The largest absolute Gasteiger partial charge is 0.488 e. The summed E-state index contributed by atoms with van der Waals surface area (Å²) < 4.78 is 58.5. The summed E-state index contributed by atoms with van der Waals surface area (Å²) in [4.78, 5) is 23.9. The Kier molecular flexibility index (Phi) is 7.65. The molecule has 2 N–H and O–H groups in total. The van der Waals surface area contributed by atoms with E-state index < -0.39 is 41.0 Å². The van der Waals surface area contributed by atoms with Crippen LogP contribution in [0.4, 0.5) is 19.0 Å². The maximum atomic E-state index is 13.6. The normalized spacial score (nSPS) is 12.2. The first-order chi connectivity index (χ1) is 16.5. The Morgan fingerprint density at radius 3 is 2.43 bits per heavy atom. The highest BCUT2D eigenvalue weighted by Gasteiger charge is 2.35. The number of hydrogen-bond donors (Lipinski definition) is 2. The van der Waals surface area contributed by atoms with Gasteiger partial charge in [-0.05, 0) is 37.3 Å². The second kappa shape index (κ2) is 10.5. The lowest BCUT2D eigenvalue weighted by Gasteiger charge is -2.18. The van der Waals surface area contributed by atoms with Crippen LogP contribution in [-0.4, -0.2) is 46.6 Å². The Balaban J connectivity index is 1.99. The van der Waals surface area contributed by atoms with E-state index in [9.17, 15) is 22.8 Å². The first kappa shape index (κ1) is 25.6. The summed E-state index contributed by atoms with van der Waals surface area (Å²) in [6, 6.07) is 7.88. The third kappa shape index (κ3) is 6.73. The van der Waals surface area contributed by atoms with Gasteiger partial charge >= 0.3 is 12.1 Å². The molecule has 0 radical (unpaired) electrons. The molecule has 35 heavy (non-hydrogen) atoms. The van der Waals surface area contributed by atoms with Crippen molar-refractivity contribution in [1.82, 2.24) is 9.78 Å². The van der Waals surface area contributed by atoms with Crippen LogP contribution in [0.3, 0.4) is 0 Å². The van der Waals surface area contributed by atoms with Gasteiger partial charge in [-0.3, -0.25) is 9.48 Å². The summed E-state index contributed by atoms with van der Waals surface area (Å²) in [6.45, 7) is 1.92. The van der Waals surface area contributed by atoms with E-state index in [2.05, 4.69) is 10.4 Å². The minimum atomic E-state index is -4.89. The summed E-state index contributed by atoms with van der Waals surface area (Å²) in [5.74, 6) is -2.47. The van der Waals surface area contributed by atoms with Gasteiger partial charge in [0.25, 0.3) is 5.91 Å². The zero-order valence-electron chi connectivity index (χ0n) is 18.9. The van der Waals surface area contributed by atoms with Gasteiger partial charge in [0.05, 0.1) is 17.7 Å². The number of carbonyl (C=O) groups excluding carboxylic acids is 1. The second-order valence-electron chi connectivity index (χ2n) is 7.52. The number of nitrogens with zero attached hydrogens (tertiary/aromatic N) is 2. The van der Waals surface area contributed by atoms with Gasteiger partial charge < -0.3 is 24.6 Å². The van der Waals surface area contributed by atoms with Crippen LogP contribution < -0.4 is 14.8 Å². The van der Waals surface area contributed by atoms with E-state index in [1.165, 1.54) is 30.0 Å². The highest BCUT2D eigenvalue weighted by Crippen LogP contribution is 2.39. The number of aromatic carboxylic acids is 1. The van der Waals surface area contributed by atoms with Gasteiger partial charge in [0, 0.05) is 38.1 Å². The van der Waals surface area contributed by atoms with Crippen molar-refractivity contribution in [3.05, 3.63) is 65.4 Å². The highest BCUT2D eigenvalue weighted by molar-refractivity contribution is 6.04. The summed E-state index contributed by atoms with van der Waals surface area (Å²) in [5, 5.41) is 15.7. The summed E-state index contributed by atoms with van der Waals surface area (Å²) in [6.07, 6.45) is -3.71. The van der Waals surface area contributed by atoms with Crippen molar-refractivity contribution in [2.75, 3.05) is 19.0 Å². The highest BCUT2D eigenvalue weighted by atomic mass is 19.4. The quantitative estimate of drug-likeness (QED) is 0.448. The number of hydrogen-bond acceptors (Lipinski definition) is 6. The predicted molar refractivity (Wildman–Crippen MR) is 118 cm³/mol. The van der Waals surface area contributed by atoms with Crippen molar-refractivity contribution < 1.29 is 42.1 Å². The van der Waals surface area contributed by atoms with Gasteiger partial charge in [-0.25, -0.2) is 4.79 Å². The average Bonchev–Trinajstić information content (AvgIpc) is 3.17. The molecule has 3 aromatic rings. The number of aromatic nitrogens is 2. The van der Waals surface area contributed by atoms with Crippen LogP contribution in [0.1, 0.15) is 33.2 Å². The zero-order chi connectivity index (χ0) is 25.8. The molecular formula is C23H22F3N3O6. The van der Waals surface area contributed by atoms with E-state index in [4.69, 9.17) is 19.3 Å². The molecule has 0 fully saturated rings. The molecule has 186 valence electrons. The lowest BCUT2D eigenvalue weighted by Crippen LogP contribution is -2.19. The van der Waals surface area contributed by atoms with Gasteiger partial charge in [0.1, 0.15) is 23.4 Å². The van der Waals surface area contributed by atoms with Gasteiger partial charge in [0.2, 0.25) is 0 Å². The number of carbonyl (C=O) groups is 2. The Hall–Kier alpha value is -4.06. The topological polar surface area (TPSA) is 112 Å². The van der Waals surface area contributed by atoms with Crippen LogP contribution in [-0.2, 0) is 18.0 Å². The maximum absolute atomic E-state index is 13.6. The van der Waals surface area contributed by atoms with Crippen molar-refractivity contribution >= 4 is 17.7 Å². The average molecular weight is 493 g/mol. The molecule has 0 aliphatic carbocycles. The first-order valence-electron chi connectivity index (χ1n) is 10.2. The molecule has 0 unspecified atom stereocenters. The number of halogens is 3. The lowest BCUT2D eigenvalue weighted by molar-refractivity contribution is -0.138. The maximum Gasteiger partial charge on any atom is 0.420 e. The van der Waals surface area contributed by atoms with Crippen molar-refractivity contribution in [1.29, 1.82) is 0 Å². The van der Waals surface area contributed by atoms with Crippen LogP contribution in [0, 0.1) is 0 Å². The van der Waals surface area contributed by atoms with E-state index in [0.717, 1.165) is 12.1 Å². The van der Waals surface area contributed by atoms with Crippen LogP contribution in [0.5, 0.6) is 17.2 Å². The third-order valence-electron chi connectivity index (χ3n) is 4.60. The molecular weight excluding hydrogens is 471 g/mol. The molecule has 1 heterocycles. The molecule has 1 aromatic heterocycles. The molecule has 1 atom stereocenters. The van der Waals surface area contributed by atoms with E-state index in [-0.39, 0.29) is 29.5 Å². The van der Waals surface area contributed by atoms with Crippen molar-refractivity contribution in [2.24, 2.45) is 7.05 Å². The number of nitrogens with one attached hydrogen (secondary N) is 1. The Bertz CT molecular complexity index is 1230. The molecule has 0 aliphatic heterocycles. The number of methoxy groups -OCH3 is 1. The summed E-state index contributed by atoms with van der Waals surface area (Å²) in [7, 11) is 3.14. The molecule has 0 saturated heterocycles. The zero-order valence-corrected chi connectivity index (χ0v) is 18.9.